The maximum absolute atomic E-state index is 5.69. The zero-order valence-corrected chi connectivity index (χ0v) is 8.42. The quantitative estimate of drug-likeness (QED) is 0.692. The smallest absolute Gasteiger partial charge is 0.00101 e. The highest BCUT2D eigenvalue weighted by molar-refractivity contribution is 4.77. The molecule has 2 N–H and O–H groups in total. The summed E-state index contributed by atoms with van der Waals surface area (Å²) in [5.74, 6) is 1.58. The number of nitrogens with two attached hydrogens (primary N) is 1. The normalized spacial score (nSPS) is 32.2. The molecule has 2 unspecified atom stereocenters. The molecule has 0 aliphatic carbocycles. The molecule has 1 fully saturated rings. The number of nitrogens with zero attached hydrogens (tertiary/aromatic N) is 1. The van der Waals surface area contributed by atoms with Crippen LogP contribution in [0.4, 0.5) is 0 Å². The third kappa shape index (κ3) is 2.46. The third-order valence-corrected chi connectivity index (χ3v) is 3.01. The first-order chi connectivity index (χ1) is 5.77. The van der Waals surface area contributed by atoms with Crippen LogP contribution in [0.3, 0.4) is 0 Å². The van der Waals surface area contributed by atoms with Crippen molar-refractivity contribution < 1.29 is 0 Å². The molecule has 2 atom stereocenters. The molecule has 0 aromatic heterocycles. The molecule has 1 aliphatic rings. The highest BCUT2D eigenvalue weighted by Crippen LogP contribution is 2.21. The number of piperidine rings is 1. The minimum Gasteiger partial charge on any atom is -0.330 e. The summed E-state index contributed by atoms with van der Waals surface area (Å²) in [4.78, 5) is 2.57. The zero-order chi connectivity index (χ0) is 8.97. The average molecular weight is 170 g/mol. The van der Waals surface area contributed by atoms with E-state index in [1.165, 1.54) is 32.5 Å². The summed E-state index contributed by atoms with van der Waals surface area (Å²) in [5.41, 5.74) is 5.69. The second-order valence-electron chi connectivity index (χ2n) is 4.06. The van der Waals surface area contributed by atoms with Crippen molar-refractivity contribution in [1.82, 2.24) is 4.90 Å². The van der Waals surface area contributed by atoms with E-state index in [4.69, 9.17) is 5.73 Å². The van der Waals surface area contributed by atoms with Crippen molar-refractivity contribution in [3.63, 3.8) is 0 Å². The summed E-state index contributed by atoms with van der Waals surface area (Å²) in [6.45, 7) is 9.25. The Bertz CT molecular complexity index is 125. The molecule has 2 nitrogen and oxygen atoms in total. The van der Waals surface area contributed by atoms with Crippen LogP contribution < -0.4 is 5.73 Å². The summed E-state index contributed by atoms with van der Waals surface area (Å²) in [6.07, 6.45) is 2.58. The molecule has 2 heteroatoms. The van der Waals surface area contributed by atoms with Crippen molar-refractivity contribution >= 4 is 0 Å². The highest BCUT2D eigenvalue weighted by atomic mass is 15.1. The lowest BCUT2D eigenvalue weighted by atomic mass is 9.87. The summed E-state index contributed by atoms with van der Waals surface area (Å²) < 4.78 is 0. The van der Waals surface area contributed by atoms with Crippen LogP contribution in [-0.4, -0.2) is 31.1 Å². The van der Waals surface area contributed by atoms with Crippen LogP contribution >= 0.6 is 0 Å². The first-order valence-corrected chi connectivity index (χ1v) is 5.20. The monoisotopic (exact) mass is 170 g/mol. The minimum absolute atomic E-state index is 0.776. The van der Waals surface area contributed by atoms with Crippen LogP contribution in [-0.2, 0) is 0 Å². The number of hydrogen-bond acceptors (Lipinski definition) is 2. The Balaban J connectivity index is 2.30. The zero-order valence-electron chi connectivity index (χ0n) is 8.42. The van der Waals surface area contributed by atoms with Gasteiger partial charge in [0, 0.05) is 6.54 Å². The van der Waals surface area contributed by atoms with Gasteiger partial charge in [0.05, 0.1) is 0 Å². The number of likely N-dealkylation sites (tertiary alicyclic amines) is 1. The third-order valence-electron chi connectivity index (χ3n) is 3.01. The molecule has 0 saturated carbocycles. The van der Waals surface area contributed by atoms with Crippen LogP contribution in [0, 0.1) is 11.8 Å². The molecule has 1 rings (SSSR count). The van der Waals surface area contributed by atoms with Gasteiger partial charge in [-0.1, -0.05) is 13.8 Å². The van der Waals surface area contributed by atoms with Gasteiger partial charge >= 0.3 is 0 Å². The Kier molecular flexibility index (Phi) is 4.02. The Morgan fingerprint density at radius 1 is 1.50 bits per heavy atom. The lowest BCUT2D eigenvalue weighted by molar-refractivity contribution is 0.133. The Hall–Kier alpha value is -0.0800. The summed E-state index contributed by atoms with van der Waals surface area (Å²) in [7, 11) is 0. The molecule has 0 radical (unpaired) electrons. The van der Waals surface area contributed by atoms with Crippen molar-refractivity contribution in [2.45, 2.75) is 26.7 Å². The molecule has 1 heterocycles. The standard InChI is InChI=1S/C10H22N2/c1-3-5-12-6-4-10(7-11)9(2)8-12/h9-10H,3-8,11H2,1-2H3. The summed E-state index contributed by atoms with van der Waals surface area (Å²) in [5, 5.41) is 0. The summed E-state index contributed by atoms with van der Waals surface area (Å²) in [6, 6.07) is 0. The van der Waals surface area contributed by atoms with Crippen molar-refractivity contribution in [2.24, 2.45) is 17.6 Å². The molecular formula is C10H22N2. The predicted octanol–water partition coefficient (Wildman–Crippen LogP) is 1.31. The van der Waals surface area contributed by atoms with Gasteiger partial charge in [0.2, 0.25) is 0 Å². The first kappa shape index (κ1) is 10.0. The molecule has 0 bridgehead atoms. The van der Waals surface area contributed by atoms with E-state index in [2.05, 4.69) is 18.7 Å². The molecule has 12 heavy (non-hydrogen) atoms. The Morgan fingerprint density at radius 2 is 2.25 bits per heavy atom. The summed E-state index contributed by atoms with van der Waals surface area (Å²) >= 11 is 0. The van der Waals surface area contributed by atoms with Gasteiger partial charge in [-0.25, -0.2) is 0 Å². The topological polar surface area (TPSA) is 29.3 Å². The fourth-order valence-corrected chi connectivity index (χ4v) is 2.15. The number of rotatable bonds is 3. The maximum Gasteiger partial charge on any atom is 0.00101 e. The Morgan fingerprint density at radius 3 is 2.75 bits per heavy atom. The van der Waals surface area contributed by atoms with Gasteiger partial charge in [0.15, 0.2) is 0 Å². The lowest BCUT2D eigenvalue weighted by Crippen LogP contribution is -2.41. The second kappa shape index (κ2) is 4.83. The van der Waals surface area contributed by atoms with Gasteiger partial charge in [0.25, 0.3) is 0 Å². The van der Waals surface area contributed by atoms with Crippen LogP contribution in [0.5, 0.6) is 0 Å². The van der Waals surface area contributed by atoms with E-state index in [9.17, 15) is 0 Å². The highest BCUT2D eigenvalue weighted by Gasteiger charge is 2.23. The van der Waals surface area contributed by atoms with Crippen LogP contribution in [0.2, 0.25) is 0 Å². The van der Waals surface area contributed by atoms with E-state index in [1.54, 1.807) is 0 Å². The molecule has 1 aliphatic heterocycles. The van der Waals surface area contributed by atoms with E-state index in [0.717, 1.165) is 18.4 Å². The van der Waals surface area contributed by atoms with Gasteiger partial charge in [0.1, 0.15) is 0 Å². The number of hydrogen-bond donors (Lipinski definition) is 1. The van der Waals surface area contributed by atoms with E-state index in [0.29, 0.717) is 0 Å². The maximum atomic E-state index is 5.69. The fourth-order valence-electron chi connectivity index (χ4n) is 2.15. The fraction of sp³-hybridized carbons (Fsp3) is 1.00. The van der Waals surface area contributed by atoms with Gasteiger partial charge in [-0.3, -0.25) is 0 Å². The van der Waals surface area contributed by atoms with Gasteiger partial charge in [-0.2, -0.15) is 0 Å². The van der Waals surface area contributed by atoms with E-state index in [1.807, 2.05) is 0 Å². The minimum atomic E-state index is 0.776. The Labute approximate surface area is 76.1 Å². The average Bonchev–Trinajstić information content (AvgIpc) is 2.05. The predicted molar refractivity (Wildman–Crippen MR) is 53.1 cm³/mol. The van der Waals surface area contributed by atoms with E-state index >= 15 is 0 Å². The van der Waals surface area contributed by atoms with Crippen LogP contribution in [0.25, 0.3) is 0 Å². The van der Waals surface area contributed by atoms with Crippen molar-refractivity contribution in [3.8, 4) is 0 Å². The first-order valence-electron chi connectivity index (χ1n) is 5.20. The van der Waals surface area contributed by atoms with Gasteiger partial charge < -0.3 is 10.6 Å². The molecule has 0 aromatic rings. The molecule has 0 amide bonds. The van der Waals surface area contributed by atoms with Gasteiger partial charge in [-0.05, 0) is 44.3 Å². The van der Waals surface area contributed by atoms with Crippen molar-refractivity contribution in [1.29, 1.82) is 0 Å². The van der Waals surface area contributed by atoms with Crippen LogP contribution in [0.15, 0.2) is 0 Å². The SMILES string of the molecule is CCCN1CCC(CN)C(C)C1. The molecule has 0 aromatic carbocycles. The van der Waals surface area contributed by atoms with Crippen molar-refractivity contribution in [2.75, 3.05) is 26.2 Å². The van der Waals surface area contributed by atoms with Crippen LogP contribution in [0.1, 0.15) is 26.7 Å². The largest absolute Gasteiger partial charge is 0.330 e. The van der Waals surface area contributed by atoms with Crippen molar-refractivity contribution in [3.05, 3.63) is 0 Å². The molecule has 0 spiro atoms. The molecular weight excluding hydrogens is 148 g/mol. The van der Waals surface area contributed by atoms with E-state index < -0.39 is 0 Å². The van der Waals surface area contributed by atoms with Gasteiger partial charge in [-0.15, -0.1) is 0 Å². The lowest BCUT2D eigenvalue weighted by Gasteiger charge is -2.36. The second-order valence-corrected chi connectivity index (χ2v) is 4.06. The molecule has 72 valence electrons. The van der Waals surface area contributed by atoms with E-state index in [-0.39, 0.29) is 0 Å². The molecule has 1 saturated heterocycles.